The Kier molecular flexibility index (Phi) is 6.90. The number of aryl methyl sites for hydroxylation is 1. The second-order valence-corrected chi connectivity index (χ2v) is 9.08. The molecule has 1 amide bonds. The molecule has 2 aromatic heterocycles. The number of alkyl carbamates (subject to hydrolysis) is 1. The lowest BCUT2D eigenvalue weighted by Gasteiger charge is -2.29. The summed E-state index contributed by atoms with van der Waals surface area (Å²) in [5.41, 5.74) is -1.21. The Morgan fingerprint density at radius 1 is 1.12 bits per heavy atom. The summed E-state index contributed by atoms with van der Waals surface area (Å²) >= 11 is 0. The molecule has 1 atom stereocenters. The lowest BCUT2D eigenvalue weighted by Crippen LogP contribution is -2.47. The Morgan fingerprint density at radius 3 is 2.41 bits per heavy atom. The molecule has 0 aliphatic carbocycles. The number of nitrogens with zero attached hydrogens (tertiary/aromatic N) is 3. The van der Waals surface area contributed by atoms with Gasteiger partial charge in [-0.2, -0.15) is 0 Å². The second kappa shape index (κ2) is 9.50. The summed E-state index contributed by atoms with van der Waals surface area (Å²) in [5, 5.41) is 11.0. The number of amides is 1. The highest BCUT2D eigenvalue weighted by molar-refractivity contribution is 5.90. The minimum Gasteiger partial charge on any atom is -0.465 e. The molecule has 3 rings (SSSR count). The largest absolute Gasteiger partial charge is 0.465 e. The van der Waals surface area contributed by atoms with E-state index in [9.17, 15) is 14.4 Å². The first kappa shape index (κ1) is 24.7. The van der Waals surface area contributed by atoms with Crippen LogP contribution in [-0.4, -0.2) is 39.5 Å². The Labute approximate surface area is 196 Å². The lowest BCUT2D eigenvalue weighted by molar-refractivity contribution is 0.0443. The summed E-state index contributed by atoms with van der Waals surface area (Å²) in [5.74, 6) is -0.633. The summed E-state index contributed by atoms with van der Waals surface area (Å²) in [6.07, 6.45) is 1.02. The molecule has 3 aromatic rings. The Balaban J connectivity index is 2.03. The van der Waals surface area contributed by atoms with E-state index >= 15 is 0 Å². The minimum atomic E-state index is -1.15. The number of methoxy groups -OCH3 is 1. The molecular weight excluding hydrogens is 440 g/mol. The summed E-state index contributed by atoms with van der Waals surface area (Å²) in [6, 6.07) is 10.8. The van der Waals surface area contributed by atoms with E-state index in [1.54, 1.807) is 27.7 Å². The van der Waals surface area contributed by atoms with Gasteiger partial charge < -0.3 is 23.8 Å². The van der Waals surface area contributed by atoms with Gasteiger partial charge in [0.1, 0.15) is 16.7 Å². The molecule has 1 N–H and O–H groups in total. The van der Waals surface area contributed by atoms with Crippen molar-refractivity contribution in [3.8, 4) is 11.5 Å². The monoisotopic (exact) mass is 468 g/mol. The first-order valence-electron chi connectivity index (χ1n) is 10.6. The first-order valence-corrected chi connectivity index (χ1v) is 10.6. The van der Waals surface area contributed by atoms with Crippen molar-refractivity contribution < 1.29 is 23.5 Å². The number of esters is 1. The van der Waals surface area contributed by atoms with Crippen LogP contribution in [0.25, 0.3) is 11.5 Å². The molecule has 10 nitrogen and oxygen atoms in total. The van der Waals surface area contributed by atoms with E-state index in [0.717, 1.165) is 5.56 Å². The number of rotatable bonds is 6. The average molecular weight is 469 g/mol. The Bertz CT molecular complexity index is 1240. The van der Waals surface area contributed by atoms with E-state index in [0.29, 0.717) is 6.42 Å². The maximum Gasteiger partial charge on any atom is 0.408 e. The van der Waals surface area contributed by atoms with Crippen LogP contribution in [0.15, 0.2) is 51.8 Å². The van der Waals surface area contributed by atoms with Crippen LogP contribution >= 0.6 is 0 Å². The van der Waals surface area contributed by atoms with Crippen molar-refractivity contribution in [3.05, 3.63) is 70.0 Å². The van der Waals surface area contributed by atoms with Gasteiger partial charge in [-0.25, -0.2) is 9.59 Å². The van der Waals surface area contributed by atoms with Crippen molar-refractivity contribution in [3.63, 3.8) is 0 Å². The number of aromatic nitrogens is 3. The van der Waals surface area contributed by atoms with E-state index in [1.807, 2.05) is 30.3 Å². The molecule has 0 bridgehead atoms. The van der Waals surface area contributed by atoms with Crippen molar-refractivity contribution >= 4 is 12.1 Å². The van der Waals surface area contributed by atoms with Crippen molar-refractivity contribution in [2.45, 2.75) is 45.3 Å². The molecule has 0 saturated heterocycles. The van der Waals surface area contributed by atoms with E-state index in [2.05, 4.69) is 15.5 Å². The third-order valence-electron chi connectivity index (χ3n) is 4.91. The molecule has 2 heterocycles. The van der Waals surface area contributed by atoms with Gasteiger partial charge in [-0.05, 0) is 39.3 Å². The van der Waals surface area contributed by atoms with E-state index in [-0.39, 0.29) is 22.9 Å². The Morgan fingerprint density at radius 2 is 1.79 bits per heavy atom. The topological polar surface area (TPSA) is 126 Å². The molecule has 0 aliphatic rings. The standard InChI is InChI=1S/C24H28N4O6/c1-23(2,3)34-22(31)25-24(4,13-15-10-8-7-9-11-15)21-27-26-18(33-21)17-12-16(20(30)32-6)14-28(5)19(17)29/h7-12,14H,13H2,1-6H3,(H,25,31)/t24-/m0/s1. The third-order valence-corrected chi connectivity index (χ3v) is 4.91. The summed E-state index contributed by atoms with van der Waals surface area (Å²) in [6.45, 7) is 7.01. The van der Waals surface area contributed by atoms with Crippen LogP contribution < -0.4 is 10.9 Å². The first-order chi connectivity index (χ1) is 15.9. The number of pyridine rings is 1. The second-order valence-electron chi connectivity index (χ2n) is 9.08. The van der Waals surface area contributed by atoms with Crippen LogP contribution in [0.2, 0.25) is 0 Å². The smallest absolute Gasteiger partial charge is 0.408 e. The quantitative estimate of drug-likeness (QED) is 0.547. The molecule has 0 spiro atoms. The SMILES string of the molecule is COC(=O)c1cc(-c2nnc([C@](C)(Cc3ccccc3)NC(=O)OC(C)(C)C)o2)c(=O)n(C)c1. The van der Waals surface area contributed by atoms with Crippen LogP contribution in [0.4, 0.5) is 4.79 Å². The third kappa shape index (κ3) is 5.69. The number of nitrogens with one attached hydrogen (secondary N) is 1. The van der Waals surface area contributed by atoms with Gasteiger partial charge in [0.25, 0.3) is 11.4 Å². The molecule has 0 unspecified atom stereocenters. The molecule has 10 heteroatoms. The van der Waals surface area contributed by atoms with Gasteiger partial charge in [-0.1, -0.05) is 30.3 Å². The molecule has 0 saturated carbocycles. The van der Waals surface area contributed by atoms with E-state index < -0.39 is 28.8 Å². The molecule has 0 aliphatic heterocycles. The number of carbonyl (C=O) groups excluding carboxylic acids is 2. The number of hydrogen-bond acceptors (Lipinski definition) is 8. The number of ether oxygens (including phenoxy) is 2. The predicted molar refractivity (Wildman–Crippen MR) is 123 cm³/mol. The molecule has 180 valence electrons. The highest BCUT2D eigenvalue weighted by atomic mass is 16.6. The Hall–Kier alpha value is -3.95. The van der Waals surface area contributed by atoms with Crippen molar-refractivity contribution in [2.75, 3.05) is 7.11 Å². The molecule has 34 heavy (non-hydrogen) atoms. The summed E-state index contributed by atoms with van der Waals surface area (Å²) < 4.78 is 17.3. The van der Waals surface area contributed by atoms with Crippen LogP contribution in [0.5, 0.6) is 0 Å². The van der Waals surface area contributed by atoms with E-state index in [1.165, 1.54) is 31.0 Å². The zero-order chi connectivity index (χ0) is 25.1. The van der Waals surface area contributed by atoms with Gasteiger partial charge in [-0.15, -0.1) is 10.2 Å². The van der Waals surface area contributed by atoms with Gasteiger partial charge in [0, 0.05) is 19.7 Å². The van der Waals surface area contributed by atoms with Gasteiger partial charge in [-0.3, -0.25) is 4.79 Å². The maximum atomic E-state index is 12.7. The van der Waals surface area contributed by atoms with Crippen molar-refractivity contribution in [1.29, 1.82) is 0 Å². The molecule has 0 fully saturated rings. The van der Waals surface area contributed by atoms with Crippen LogP contribution in [-0.2, 0) is 28.5 Å². The highest BCUT2D eigenvalue weighted by Crippen LogP contribution is 2.28. The average Bonchev–Trinajstić information content (AvgIpc) is 3.25. The number of carbonyl (C=O) groups is 2. The zero-order valence-corrected chi connectivity index (χ0v) is 20.0. The van der Waals surface area contributed by atoms with Crippen molar-refractivity contribution in [2.24, 2.45) is 7.05 Å². The fourth-order valence-electron chi connectivity index (χ4n) is 3.36. The lowest BCUT2D eigenvalue weighted by atomic mass is 9.92. The van der Waals surface area contributed by atoms with E-state index in [4.69, 9.17) is 13.9 Å². The van der Waals surface area contributed by atoms with Gasteiger partial charge in [0.05, 0.1) is 12.7 Å². The van der Waals surface area contributed by atoms with Gasteiger partial charge in [0.15, 0.2) is 0 Å². The summed E-state index contributed by atoms with van der Waals surface area (Å²) in [4.78, 5) is 37.3. The minimum absolute atomic E-state index is 0.0310. The van der Waals surface area contributed by atoms with Crippen LogP contribution in [0, 0.1) is 0 Å². The fourth-order valence-corrected chi connectivity index (χ4v) is 3.36. The zero-order valence-electron chi connectivity index (χ0n) is 20.0. The molecular formula is C24H28N4O6. The van der Waals surface area contributed by atoms with Crippen LogP contribution in [0.1, 0.15) is 49.5 Å². The number of benzene rings is 1. The predicted octanol–water partition coefficient (Wildman–Crippen LogP) is 3.20. The number of hydrogen-bond donors (Lipinski definition) is 1. The fraction of sp³-hybridized carbons (Fsp3) is 0.375. The maximum absolute atomic E-state index is 12.7. The van der Waals surface area contributed by atoms with Gasteiger partial charge in [0.2, 0.25) is 5.89 Å². The van der Waals surface area contributed by atoms with Gasteiger partial charge >= 0.3 is 12.1 Å². The molecule has 0 radical (unpaired) electrons. The summed E-state index contributed by atoms with van der Waals surface area (Å²) in [7, 11) is 2.74. The normalized spacial score (nSPS) is 13.1. The highest BCUT2D eigenvalue weighted by Gasteiger charge is 2.37. The molecule has 1 aromatic carbocycles. The van der Waals surface area contributed by atoms with Crippen molar-refractivity contribution in [1.82, 2.24) is 20.1 Å². The van der Waals surface area contributed by atoms with Crippen LogP contribution in [0.3, 0.4) is 0 Å².